The van der Waals surface area contributed by atoms with Crippen LogP contribution in [0.3, 0.4) is 0 Å². The highest BCUT2D eigenvalue weighted by molar-refractivity contribution is 7.15. The van der Waals surface area contributed by atoms with Crippen LogP contribution in [-0.2, 0) is 9.59 Å². The Balaban J connectivity index is 1.81. The Hall–Kier alpha value is -4.05. The minimum Gasteiger partial charge on any atom is -0.497 e. The number of nitrogens with one attached hydrogen (secondary N) is 1. The van der Waals surface area contributed by atoms with Gasteiger partial charge in [-0.3, -0.25) is 9.59 Å². The van der Waals surface area contributed by atoms with Crippen molar-refractivity contribution in [2.75, 3.05) is 26.1 Å². The molecular formula is C24H22N2O7S. The second kappa shape index (κ2) is 9.44. The molecule has 3 aromatic rings. The van der Waals surface area contributed by atoms with Crippen LogP contribution in [0.15, 0.2) is 42.5 Å². The highest BCUT2D eigenvalue weighted by atomic mass is 32.1. The van der Waals surface area contributed by atoms with Gasteiger partial charge in [0.1, 0.15) is 10.6 Å². The number of hydrogen-bond donors (Lipinski definition) is 3. The predicted octanol–water partition coefficient (Wildman–Crippen LogP) is 3.47. The molecule has 0 saturated carbocycles. The molecule has 4 rings (SSSR count). The van der Waals surface area contributed by atoms with Crippen molar-refractivity contribution in [2.45, 2.75) is 12.3 Å². The number of amides is 2. The maximum atomic E-state index is 12.7. The Labute approximate surface area is 199 Å². The van der Waals surface area contributed by atoms with E-state index in [4.69, 9.17) is 19.9 Å². The molecule has 0 aliphatic carbocycles. The van der Waals surface area contributed by atoms with Crippen molar-refractivity contribution in [3.63, 3.8) is 0 Å². The molecule has 34 heavy (non-hydrogen) atoms. The Morgan fingerprint density at radius 2 is 1.85 bits per heavy atom. The molecule has 1 aliphatic rings. The first-order chi connectivity index (χ1) is 16.3. The lowest BCUT2D eigenvalue weighted by atomic mass is 9.88. The Bertz CT molecular complexity index is 1270. The smallest absolute Gasteiger partial charge is 0.346 e. The van der Waals surface area contributed by atoms with E-state index in [0.29, 0.717) is 34.1 Å². The first-order valence-corrected chi connectivity index (χ1v) is 11.1. The number of hydrogen-bond acceptors (Lipinski definition) is 7. The van der Waals surface area contributed by atoms with E-state index in [2.05, 4.69) is 5.32 Å². The van der Waals surface area contributed by atoms with Crippen molar-refractivity contribution < 1.29 is 33.7 Å². The first-order valence-electron chi connectivity index (χ1n) is 10.3. The zero-order valence-corrected chi connectivity index (χ0v) is 19.2. The van der Waals surface area contributed by atoms with Gasteiger partial charge in [-0.2, -0.15) is 0 Å². The molecule has 0 unspecified atom stereocenters. The summed E-state index contributed by atoms with van der Waals surface area (Å²) in [5.74, 6) is -0.972. The van der Waals surface area contributed by atoms with Crippen molar-refractivity contribution in [1.29, 1.82) is 0 Å². The SMILES string of the molecule is COc1ccc(-c2c(C(=O)O)sc3c2NC(=O)C[C@H]3c2ccc(OCC(N)=O)c(OC)c2)cc1. The highest BCUT2D eigenvalue weighted by Crippen LogP contribution is 2.50. The van der Waals surface area contributed by atoms with Gasteiger partial charge < -0.3 is 30.4 Å². The van der Waals surface area contributed by atoms with Gasteiger partial charge in [-0.1, -0.05) is 18.2 Å². The molecule has 1 aromatic heterocycles. The maximum Gasteiger partial charge on any atom is 0.346 e. The molecule has 0 saturated heterocycles. The largest absolute Gasteiger partial charge is 0.497 e. The Morgan fingerprint density at radius 3 is 2.47 bits per heavy atom. The molecule has 9 nitrogen and oxygen atoms in total. The van der Waals surface area contributed by atoms with Gasteiger partial charge in [0.15, 0.2) is 18.1 Å². The van der Waals surface area contributed by atoms with Gasteiger partial charge in [0.2, 0.25) is 5.91 Å². The van der Waals surface area contributed by atoms with Crippen molar-refractivity contribution >= 4 is 34.8 Å². The summed E-state index contributed by atoms with van der Waals surface area (Å²) in [6.45, 7) is -0.302. The molecule has 2 aromatic carbocycles. The molecule has 2 heterocycles. The van der Waals surface area contributed by atoms with Crippen LogP contribution in [0.25, 0.3) is 11.1 Å². The molecule has 0 fully saturated rings. The molecular weight excluding hydrogens is 460 g/mol. The summed E-state index contributed by atoms with van der Waals surface area (Å²) in [4.78, 5) is 36.7. The summed E-state index contributed by atoms with van der Waals surface area (Å²) in [7, 11) is 3.01. The van der Waals surface area contributed by atoms with Crippen LogP contribution in [0.1, 0.15) is 32.5 Å². The lowest BCUT2D eigenvalue weighted by molar-refractivity contribution is -0.120. The van der Waals surface area contributed by atoms with Crippen molar-refractivity contribution in [1.82, 2.24) is 0 Å². The number of rotatable bonds is 8. The standard InChI is InChI=1S/C24H22N2O7S/c1-31-14-6-3-12(4-7-14)20-21-22(34-23(20)24(29)30)15(10-19(28)26-21)13-5-8-16(17(9-13)32-2)33-11-18(25)27/h3-9,15H,10-11H2,1-2H3,(H2,25,27)(H,26,28)(H,29,30)/t15-/m0/s1. The van der Waals surface area contributed by atoms with Crippen molar-refractivity contribution in [2.24, 2.45) is 5.73 Å². The van der Waals surface area contributed by atoms with Crippen LogP contribution < -0.4 is 25.3 Å². The molecule has 2 amide bonds. The quantitative estimate of drug-likeness (QED) is 0.447. The van der Waals surface area contributed by atoms with E-state index in [1.165, 1.54) is 7.11 Å². The number of aromatic carboxylic acids is 1. The third-order valence-corrected chi connectivity index (χ3v) is 6.73. The minimum absolute atomic E-state index is 0.135. The number of fused-ring (bicyclic) bond motifs is 1. The third kappa shape index (κ3) is 4.40. The summed E-state index contributed by atoms with van der Waals surface area (Å²) in [5, 5.41) is 12.8. The van der Waals surface area contributed by atoms with E-state index in [1.807, 2.05) is 0 Å². The third-order valence-electron chi connectivity index (χ3n) is 5.44. The Kier molecular flexibility index (Phi) is 6.42. The molecule has 1 aliphatic heterocycles. The molecule has 176 valence electrons. The fraction of sp³-hybridized carbons (Fsp3) is 0.208. The van der Waals surface area contributed by atoms with E-state index in [0.717, 1.165) is 21.8 Å². The van der Waals surface area contributed by atoms with E-state index >= 15 is 0 Å². The summed E-state index contributed by atoms with van der Waals surface area (Å²) in [6, 6.07) is 12.1. The number of carboxylic acids is 1. The van der Waals surface area contributed by atoms with Crippen LogP contribution in [0.5, 0.6) is 17.2 Å². The van der Waals surface area contributed by atoms with Crippen LogP contribution in [-0.4, -0.2) is 43.7 Å². The topological polar surface area (TPSA) is 137 Å². The molecule has 0 radical (unpaired) electrons. The van der Waals surface area contributed by atoms with Gasteiger partial charge in [0.25, 0.3) is 5.91 Å². The van der Waals surface area contributed by atoms with E-state index < -0.39 is 17.8 Å². The lowest BCUT2D eigenvalue weighted by Crippen LogP contribution is -2.22. The number of carbonyl (C=O) groups excluding carboxylic acids is 2. The van der Waals surface area contributed by atoms with Crippen LogP contribution in [0.4, 0.5) is 5.69 Å². The summed E-state index contributed by atoms with van der Waals surface area (Å²) < 4.78 is 16.0. The minimum atomic E-state index is -1.08. The van der Waals surface area contributed by atoms with Crippen molar-refractivity contribution in [3.05, 3.63) is 57.8 Å². The predicted molar refractivity (Wildman–Crippen MR) is 126 cm³/mol. The molecule has 4 N–H and O–H groups in total. The molecule has 1 atom stereocenters. The number of methoxy groups -OCH3 is 2. The summed E-state index contributed by atoms with van der Waals surface area (Å²) in [6.07, 6.45) is 0.138. The number of carboxylic acid groups (broad SMARTS) is 1. The average molecular weight is 483 g/mol. The average Bonchev–Trinajstić information content (AvgIpc) is 3.21. The highest BCUT2D eigenvalue weighted by Gasteiger charge is 2.34. The normalized spacial score (nSPS) is 14.6. The van der Waals surface area contributed by atoms with E-state index in [9.17, 15) is 19.5 Å². The number of anilines is 1. The van der Waals surface area contributed by atoms with E-state index in [1.54, 1.807) is 49.6 Å². The fourth-order valence-corrected chi connectivity index (χ4v) is 5.15. The Morgan fingerprint density at radius 1 is 1.12 bits per heavy atom. The van der Waals surface area contributed by atoms with Gasteiger partial charge in [0.05, 0.1) is 19.9 Å². The van der Waals surface area contributed by atoms with Crippen LogP contribution >= 0.6 is 11.3 Å². The van der Waals surface area contributed by atoms with Gasteiger partial charge in [-0.05, 0) is 35.4 Å². The summed E-state index contributed by atoms with van der Waals surface area (Å²) in [5.41, 5.74) is 7.50. The fourth-order valence-electron chi connectivity index (χ4n) is 3.91. The lowest BCUT2D eigenvalue weighted by Gasteiger charge is -2.24. The summed E-state index contributed by atoms with van der Waals surface area (Å²) >= 11 is 1.13. The first kappa shape index (κ1) is 23.1. The van der Waals surface area contributed by atoms with Gasteiger partial charge in [0, 0.05) is 22.8 Å². The van der Waals surface area contributed by atoms with Crippen LogP contribution in [0, 0.1) is 0 Å². The molecule has 10 heteroatoms. The van der Waals surface area contributed by atoms with Gasteiger partial charge in [-0.25, -0.2) is 4.79 Å². The zero-order chi connectivity index (χ0) is 24.4. The maximum absolute atomic E-state index is 12.7. The second-order valence-corrected chi connectivity index (χ2v) is 8.60. The second-order valence-electron chi connectivity index (χ2n) is 7.55. The number of thiophene rings is 1. The molecule has 0 spiro atoms. The number of benzene rings is 2. The number of nitrogens with two attached hydrogens (primary N) is 1. The number of carbonyl (C=O) groups is 3. The van der Waals surface area contributed by atoms with Gasteiger partial charge >= 0.3 is 5.97 Å². The monoisotopic (exact) mass is 482 g/mol. The zero-order valence-electron chi connectivity index (χ0n) is 18.4. The number of primary amides is 1. The van der Waals surface area contributed by atoms with Crippen LogP contribution in [0.2, 0.25) is 0 Å². The van der Waals surface area contributed by atoms with Crippen molar-refractivity contribution in [3.8, 4) is 28.4 Å². The molecule has 0 bridgehead atoms. The van der Waals surface area contributed by atoms with E-state index in [-0.39, 0.29) is 23.8 Å². The van der Waals surface area contributed by atoms with Gasteiger partial charge in [-0.15, -0.1) is 11.3 Å². The number of ether oxygens (including phenoxy) is 3.